The number of ether oxygens (including phenoxy) is 3. The van der Waals surface area contributed by atoms with Gasteiger partial charge in [-0.3, -0.25) is 4.79 Å². The van der Waals surface area contributed by atoms with Gasteiger partial charge in [-0.25, -0.2) is 0 Å². The number of rotatable bonds is 6. The molecule has 146 valence electrons. The van der Waals surface area contributed by atoms with E-state index >= 15 is 0 Å². The third kappa shape index (κ3) is 3.18. The summed E-state index contributed by atoms with van der Waals surface area (Å²) in [5.41, 5.74) is 0.667. The molecule has 1 aromatic carbocycles. The van der Waals surface area contributed by atoms with Crippen LogP contribution in [-0.4, -0.2) is 43.9 Å². The molecule has 3 aromatic rings. The van der Waals surface area contributed by atoms with E-state index in [0.29, 0.717) is 47.6 Å². The Labute approximate surface area is 165 Å². The van der Waals surface area contributed by atoms with Crippen LogP contribution in [0.25, 0.3) is 10.7 Å². The summed E-state index contributed by atoms with van der Waals surface area (Å²) in [7, 11) is 4.62. The van der Waals surface area contributed by atoms with E-state index in [1.54, 1.807) is 31.3 Å². The Morgan fingerprint density at radius 2 is 1.93 bits per heavy atom. The fourth-order valence-electron chi connectivity index (χ4n) is 3.25. The number of anilines is 1. The van der Waals surface area contributed by atoms with Gasteiger partial charge in [0.05, 0.1) is 37.8 Å². The number of hydrogen-bond acceptors (Lipinski definition) is 8. The van der Waals surface area contributed by atoms with Crippen LogP contribution in [0.15, 0.2) is 34.2 Å². The lowest BCUT2D eigenvalue weighted by Gasteiger charge is -2.20. The van der Waals surface area contributed by atoms with Crippen molar-refractivity contribution >= 4 is 22.9 Å². The van der Waals surface area contributed by atoms with Crippen LogP contribution in [0.1, 0.15) is 18.2 Å². The lowest BCUT2D eigenvalue weighted by atomic mass is 10.1. The molecule has 1 atom stereocenters. The number of hydrogen-bond donors (Lipinski definition) is 0. The average molecular weight is 401 g/mol. The summed E-state index contributed by atoms with van der Waals surface area (Å²) in [6.07, 6.45) is 0.294. The maximum atomic E-state index is 12.7. The zero-order chi connectivity index (χ0) is 19.7. The van der Waals surface area contributed by atoms with Gasteiger partial charge in [0.15, 0.2) is 11.5 Å². The topological polar surface area (TPSA) is 86.9 Å². The summed E-state index contributed by atoms with van der Waals surface area (Å²) in [6.45, 7) is 0.434. The molecule has 2 aromatic heterocycles. The number of amides is 1. The van der Waals surface area contributed by atoms with Crippen LogP contribution in [0, 0.1) is 0 Å². The molecule has 0 radical (unpaired) electrons. The summed E-state index contributed by atoms with van der Waals surface area (Å²) < 4.78 is 21.5. The molecule has 0 saturated carbocycles. The van der Waals surface area contributed by atoms with Gasteiger partial charge in [-0.2, -0.15) is 4.98 Å². The third-order valence-corrected chi connectivity index (χ3v) is 5.48. The highest BCUT2D eigenvalue weighted by Crippen LogP contribution is 2.43. The van der Waals surface area contributed by atoms with Crippen LogP contribution in [0.4, 0.5) is 5.69 Å². The molecule has 1 fully saturated rings. The van der Waals surface area contributed by atoms with Crippen molar-refractivity contribution in [2.24, 2.45) is 0 Å². The van der Waals surface area contributed by atoms with Crippen molar-refractivity contribution in [1.82, 2.24) is 10.1 Å². The van der Waals surface area contributed by atoms with E-state index in [9.17, 15) is 4.79 Å². The van der Waals surface area contributed by atoms with Crippen LogP contribution < -0.4 is 19.1 Å². The molecule has 0 spiro atoms. The van der Waals surface area contributed by atoms with Crippen molar-refractivity contribution in [2.75, 3.05) is 32.8 Å². The van der Waals surface area contributed by atoms with Gasteiger partial charge in [-0.05, 0) is 11.4 Å². The standard InChI is InChI=1S/C19H19N3O5S/c1-24-13-8-12(9-14(25-2)17(13)26-3)22-10-11(7-16(22)23)19-20-18(21-27-19)15-5-4-6-28-15/h4-6,8-9,11H,7,10H2,1-3H3. The van der Waals surface area contributed by atoms with Gasteiger partial charge < -0.3 is 23.6 Å². The highest BCUT2D eigenvalue weighted by Gasteiger charge is 2.36. The van der Waals surface area contributed by atoms with Crippen molar-refractivity contribution in [2.45, 2.75) is 12.3 Å². The largest absolute Gasteiger partial charge is 0.493 e. The maximum absolute atomic E-state index is 12.7. The zero-order valence-corrected chi connectivity index (χ0v) is 16.5. The third-order valence-electron chi connectivity index (χ3n) is 4.62. The summed E-state index contributed by atoms with van der Waals surface area (Å²) in [5, 5.41) is 6.00. The number of benzene rings is 1. The maximum Gasteiger partial charge on any atom is 0.232 e. The lowest BCUT2D eigenvalue weighted by molar-refractivity contribution is -0.117. The van der Waals surface area contributed by atoms with Crippen molar-refractivity contribution < 1.29 is 23.5 Å². The Kier molecular flexibility index (Phi) is 4.91. The van der Waals surface area contributed by atoms with Gasteiger partial charge in [0.2, 0.25) is 23.4 Å². The molecule has 3 heterocycles. The molecular weight excluding hydrogens is 382 g/mol. The first kappa shape index (κ1) is 18.3. The molecule has 1 aliphatic rings. The Morgan fingerprint density at radius 3 is 2.54 bits per heavy atom. The van der Waals surface area contributed by atoms with Crippen LogP contribution in [0.3, 0.4) is 0 Å². The number of carbonyl (C=O) groups is 1. The molecule has 1 amide bonds. The Hall–Kier alpha value is -3.07. The second-order valence-corrected chi connectivity index (χ2v) is 7.17. The van der Waals surface area contributed by atoms with Gasteiger partial charge >= 0.3 is 0 Å². The van der Waals surface area contributed by atoms with E-state index < -0.39 is 0 Å². The van der Waals surface area contributed by atoms with E-state index in [1.807, 2.05) is 17.5 Å². The van der Waals surface area contributed by atoms with Crippen LogP contribution >= 0.6 is 11.3 Å². The van der Waals surface area contributed by atoms with Crippen molar-refractivity contribution in [3.63, 3.8) is 0 Å². The quantitative estimate of drug-likeness (QED) is 0.626. The highest BCUT2D eigenvalue weighted by atomic mass is 32.1. The predicted octanol–water partition coefficient (Wildman–Crippen LogP) is 3.34. The monoisotopic (exact) mass is 401 g/mol. The second-order valence-electron chi connectivity index (χ2n) is 6.22. The van der Waals surface area contributed by atoms with Crippen LogP contribution in [0.2, 0.25) is 0 Å². The van der Waals surface area contributed by atoms with Crippen molar-refractivity contribution in [1.29, 1.82) is 0 Å². The lowest BCUT2D eigenvalue weighted by Crippen LogP contribution is -2.24. The molecule has 9 heteroatoms. The number of thiophene rings is 1. The van der Waals surface area contributed by atoms with Gasteiger partial charge in [0.25, 0.3) is 0 Å². The Bertz CT molecular complexity index is 960. The first-order valence-corrected chi connectivity index (χ1v) is 9.50. The molecule has 0 N–H and O–H groups in total. The minimum Gasteiger partial charge on any atom is -0.493 e. The predicted molar refractivity (Wildman–Crippen MR) is 103 cm³/mol. The van der Waals surface area contributed by atoms with Gasteiger partial charge in [0.1, 0.15) is 0 Å². The van der Waals surface area contributed by atoms with E-state index in [0.717, 1.165) is 4.88 Å². The molecule has 1 aliphatic heterocycles. The van der Waals surface area contributed by atoms with Gasteiger partial charge in [-0.15, -0.1) is 11.3 Å². The van der Waals surface area contributed by atoms with Gasteiger partial charge in [-0.1, -0.05) is 11.2 Å². The average Bonchev–Trinajstić information content (AvgIpc) is 3.46. The minimum atomic E-state index is -0.173. The fraction of sp³-hybridized carbons (Fsp3) is 0.316. The number of aromatic nitrogens is 2. The second kappa shape index (κ2) is 7.51. The van der Waals surface area contributed by atoms with Crippen LogP contribution in [0.5, 0.6) is 17.2 Å². The molecule has 1 unspecified atom stereocenters. The molecule has 0 aliphatic carbocycles. The summed E-state index contributed by atoms with van der Waals surface area (Å²) in [4.78, 5) is 19.8. The molecule has 1 saturated heterocycles. The number of carbonyl (C=O) groups excluding carboxylic acids is 1. The molecule has 0 bridgehead atoms. The smallest absolute Gasteiger partial charge is 0.232 e. The summed E-state index contributed by atoms with van der Waals surface area (Å²) in [6, 6.07) is 7.38. The number of nitrogens with zero attached hydrogens (tertiary/aromatic N) is 3. The number of methoxy groups -OCH3 is 3. The SMILES string of the molecule is COc1cc(N2CC(c3nc(-c4cccs4)no3)CC2=O)cc(OC)c1OC. The first-order valence-electron chi connectivity index (χ1n) is 8.62. The van der Waals surface area contributed by atoms with Gasteiger partial charge in [0, 0.05) is 25.1 Å². The molecule has 28 heavy (non-hydrogen) atoms. The first-order chi connectivity index (χ1) is 13.6. The normalized spacial score (nSPS) is 16.5. The highest BCUT2D eigenvalue weighted by molar-refractivity contribution is 7.13. The molecule has 4 rings (SSSR count). The zero-order valence-electron chi connectivity index (χ0n) is 15.7. The molecular formula is C19H19N3O5S. The summed E-state index contributed by atoms with van der Waals surface area (Å²) in [5.74, 6) is 2.27. The van der Waals surface area contributed by atoms with E-state index in [-0.39, 0.29) is 11.8 Å². The Balaban J connectivity index is 1.60. The Morgan fingerprint density at radius 1 is 1.18 bits per heavy atom. The summed E-state index contributed by atoms with van der Waals surface area (Å²) >= 11 is 1.54. The molecule has 8 nitrogen and oxygen atoms in total. The van der Waals surface area contributed by atoms with Crippen molar-refractivity contribution in [3.8, 4) is 28.0 Å². The minimum absolute atomic E-state index is 0.0323. The van der Waals surface area contributed by atoms with E-state index in [1.165, 1.54) is 18.4 Å². The van der Waals surface area contributed by atoms with Crippen LogP contribution in [-0.2, 0) is 4.79 Å². The van der Waals surface area contributed by atoms with E-state index in [2.05, 4.69) is 10.1 Å². The van der Waals surface area contributed by atoms with E-state index in [4.69, 9.17) is 18.7 Å². The van der Waals surface area contributed by atoms with Crippen molar-refractivity contribution in [3.05, 3.63) is 35.5 Å². The fourth-order valence-corrected chi connectivity index (χ4v) is 3.90.